The summed E-state index contributed by atoms with van der Waals surface area (Å²) >= 11 is 0. The van der Waals surface area contributed by atoms with Crippen molar-refractivity contribution in [2.75, 3.05) is 6.54 Å². The number of fused-ring (bicyclic) bond motifs is 1. The van der Waals surface area contributed by atoms with Gasteiger partial charge in [0.2, 0.25) is 0 Å². The first-order valence-corrected chi connectivity index (χ1v) is 5.08. The molecule has 2 N–H and O–H groups in total. The SMILES string of the molecule is CC(C)(CN)Cc1cnc2cnccn12. The highest BCUT2D eigenvalue weighted by molar-refractivity contribution is 5.37. The second kappa shape index (κ2) is 3.62. The van der Waals surface area contributed by atoms with Crippen molar-refractivity contribution in [3.05, 3.63) is 30.5 Å². The number of hydrogen-bond donors (Lipinski definition) is 1. The van der Waals surface area contributed by atoms with Gasteiger partial charge in [0.25, 0.3) is 0 Å². The molecule has 0 radical (unpaired) electrons. The van der Waals surface area contributed by atoms with Crippen LogP contribution in [0.1, 0.15) is 19.5 Å². The van der Waals surface area contributed by atoms with Gasteiger partial charge in [-0.1, -0.05) is 13.8 Å². The van der Waals surface area contributed by atoms with Crippen LogP contribution in [0.2, 0.25) is 0 Å². The summed E-state index contributed by atoms with van der Waals surface area (Å²) in [6, 6.07) is 0. The first-order valence-electron chi connectivity index (χ1n) is 5.08. The molecular formula is C11H16N4. The maximum absolute atomic E-state index is 5.72. The van der Waals surface area contributed by atoms with Gasteiger partial charge in [-0.15, -0.1) is 0 Å². The number of rotatable bonds is 3. The molecule has 2 aromatic rings. The quantitative estimate of drug-likeness (QED) is 0.818. The van der Waals surface area contributed by atoms with E-state index in [4.69, 9.17) is 5.73 Å². The van der Waals surface area contributed by atoms with Gasteiger partial charge in [0.05, 0.1) is 6.20 Å². The molecule has 0 saturated heterocycles. The Morgan fingerprint density at radius 1 is 1.40 bits per heavy atom. The highest BCUT2D eigenvalue weighted by Gasteiger charge is 2.18. The van der Waals surface area contributed by atoms with Crippen LogP contribution in [0, 0.1) is 5.41 Å². The summed E-state index contributed by atoms with van der Waals surface area (Å²) in [5, 5.41) is 0. The molecule has 0 aliphatic carbocycles. The minimum atomic E-state index is 0.110. The summed E-state index contributed by atoms with van der Waals surface area (Å²) < 4.78 is 2.06. The molecule has 4 nitrogen and oxygen atoms in total. The molecule has 0 atom stereocenters. The highest BCUT2D eigenvalue weighted by Crippen LogP contribution is 2.20. The zero-order valence-electron chi connectivity index (χ0n) is 9.14. The highest BCUT2D eigenvalue weighted by atomic mass is 15.0. The van der Waals surface area contributed by atoms with E-state index in [1.165, 1.54) is 5.69 Å². The summed E-state index contributed by atoms with van der Waals surface area (Å²) in [4.78, 5) is 8.33. The van der Waals surface area contributed by atoms with Gasteiger partial charge in [-0.05, 0) is 18.4 Å². The van der Waals surface area contributed by atoms with Gasteiger partial charge in [-0.3, -0.25) is 4.98 Å². The number of imidazole rings is 1. The van der Waals surface area contributed by atoms with Gasteiger partial charge >= 0.3 is 0 Å². The second-order valence-corrected chi connectivity index (χ2v) is 4.60. The van der Waals surface area contributed by atoms with Crippen LogP contribution in [0.3, 0.4) is 0 Å². The third-order valence-corrected chi connectivity index (χ3v) is 2.61. The van der Waals surface area contributed by atoms with E-state index < -0.39 is 0 Å². The smallest absolute Gasteiger partial charge is 0.155 e. The molecule has 0 aliphatic heterocycles. The Balaban J connectivity index is 2.37. The number of hydrogen-bond acceptors (Lipinski definition) is 3. The zero-order valence-corrected chi connectivity index (χ0v) is 9.14. The van der Waals surface area contributed by atoms with E-state index in [1.54, 1.807) is 12.4 Å². The van der Waals surface area contributed by atoms with E-state index in [1.807, 2.05) is 12.4 Å². The van der Waals surface area contributed by atoms with Crippen LogP contribution in [-0.2, 0) is 6.42 Å². The van der Waals surface area contributed by atoms with Crippen LogP contribution in [0.15, 0.2) is 24.8 Å². The van der Waals surface area contributed by atoms with E-state index in [0.29, 0.717) is 6.54 Å². The van der Waals surface area contributed by atoms with Crippen LogP contribution in [0.4, 0.5) is 0 Å². The fraction of sp³-hybridized carbons (Fsp3) is 0.455. The summed E-state index contributed by atoms with van der Waals surface area (Å²) in [7, 11) is 0. The first kappa shape index (κ1) is 10.1. The zero-order chi connectivity index (χ0) is 10.9. The Labute approximate surface area is 89.2 Å². The monoisotopic (exact) mass is 204 g/mol. The molecule has 2 aromatic heterocycles. The maximum Gasteiger partial charge on any atom is 0.155 e. The molecule has 15 heavy (non-hydrogen) atoms. The van der Waals surface area contributed by atoms with Crippen molar-refractivity contribution in [2.45, 2.75) is 20.3 Å². The number of nitrogens with zero attached hydrogens (tertiary/aromatic N) is 3. The normalized spacial score (nSPS) is 12.2. The van der Waals surface area contributed by atoms with Gasteiger partial charge in [0.1, 0.15) is 0 Å². The fourth-order valence-corrected chi connectivity index (χ4v) is 1.59. The predicted molar refractivity (Wildman–Crippen MR) is 59.5 cm³/mol. The van der Waals surface area contributed by atoms with E-state index in [-0.39, 0.29) is 5.41 Å². The van der Waals surface area contributed by atoms with Crippen molar-refractivity contribution in [1.29, 1.82) is 0 Å². The molecular weight excluding hydrogens is 188 g/mol. The Kier molecular flexibility index (Phi) is 2.44. The largest absolute Gasteiger partial charge is 0.330 e. The van der Waals surface area contributed by atoms with Crippen LogP contribution in [0.5, 0.6) is 0 Å². The molecule has 0 fully saturated rings. The summed E-state index contributed by atoms with van der Waals surface area (Å²) in [6.45, 7) is 4.99. The van der Waals surface area contributed by atoms with Crippen molar-refractivity contribution in [3.63, 3.8) is 0 Å². The van der Waals surface area contributed by atoms with Gasteiger partial charge < -0.3 is 10.1 Å². The molecule has 2 rings (SSSR count). The standard InChI is InChI=1S/C11H16N4/c1-11(2,8-12)5-9-6-14-10-7-13-3-4-15(9)10/h3-4,6-7H,5,8,12H2,1-2H3. The minimum Gasteiger partial charge on any atom is -0.330 e. The molecule has 0 unspecified atom stereocenters. The minimum absolute atomic E-state index is 0.110. The van der Waals surface area contributed by atoms with Crippen molar-refractivity contribution in [2.24, 2.45) is 11.1 Å². The Hall–Kier alpha value is -1.42. The Bertz CT molecular complexity index is 458. The van der Waals surface area contributed by atoms with Crippen LogP contribution < -0.4 is 5.73 Å². The summed E-state index contributed by atoms with van der Waals surface area (Å²) in [6.07, 6.45) is 8.29. The average molecular weight is 204 g/mol. The first-order chi connectivity index (χ1) is 7.12. The van der Waals surface area contributed by atoms with Gasteiger partial charge in [-0.2, -0.15) is 0 Å². The lowest BCUT2D eigenvalue weighted by molar-refractivity contribution is 0.371. The molecule has 0 aliphatic rings. The van der Waals surface area contributed by atoms with Crippen molar-refractivity contribution >= 4 is 5.65 Å². The Morgan fingerprint density at radius 2 is 2.20 bits per heavy atom. The second-order valence-electron chi connectivity index (χ2n) is 4.60. The molecule has 4 heteroatoms. The Morgan fingerprint density at radius 3 is 2.93 bits per heavy atom. The lowest BCUT2D eigenvalue weighted by atomic mass is 9.88. The fourth-order valence-electron chi connectivity index (χ4n) is 1.59. The third kappa shape index (κ3) is 1.99. The number of aromatic nitrogens is 3. The molecule has 0 saturated carbocycles. The number of nitrogens with two attached hydrogens (primary N) is 1. The van der Waals surface area contributed by atoms with Crippen molar-refractivity contribution in [3.8, 4) is 0 Å². The topological polar surface area (TPSA) is 56.2 Å². The molecule has 0 spiro atoms. The van der Waals surface area contributed by atoms with Gasteiger partial charge in [0, 0.05) is 24.3 Å². The van der Waals surface area contributed by atoms with Crippen LogP contribution in [0.25, 0.3) is 5.65 Å². The molecule has 0 aromatic carbocycles. The molecule has 2 heterocycles. The van der Waals surface area contributed by atoms with E-state index >= 15 is 0 Å². The third-order valence-electron chi connectivity index (χ3n) is 2.61. The predicted octanol–water partition coefficient (Wildman–Crippen LogP) is 1.26. The average Bonchev–Trinajstić information content (AvgIpc) is 2.62. The van der Waals surface area contributed by atoms with E-state index in [0.717, 1.165) is 12.1 Å². The van der Waals surface area contributed by atoms with Crippen LogP contribution in [-0.4, -0.2) is 20.9 Å². The van der Waals surface area contributed by atoms with Crippen molar-refractivity contribution in [1.82, 2.24) is 14.4 Å². The lowest BCUT2D eigenvalue weighted by Crippen LogP contribution is -2.26. The molecule has 0 bridgehead atoms. The molecule has 0 amide bonds. The van der Waals surface area contributed by atoms with Gasteiger partial charge in [-0.25, -0.2) is 4.98 Å². The van der Waals surface area contributed by atoms with Crippen LogP contribution >= 0.6 is 0 Å². The lowest BCUT2D eigenvalue weighted by Gasteiger charge is -2.21. The van der Waals surface area contributed by atoms with E-state index in [2.05, 4.69) is 28.2 Å². The van der Waals surface area contributed by atoms with Crippen molar-refractivity contribution < 1.29 is 0 Å². The summed E-state index contributed by atoms with van der Waals surface area (Å²) in [5.74, 6) is 0. The van der Waals surface area contributed by atoms with Gasteiger partial charge in [0.15, 0.2) is 5.65 Å². The summed E-state index contributed by atoms with van der Waals surface area (Å²) in [5.41, 5.74) is 7.91. The maximum atomic E-state index is 5.72. The molecule has 80 valence electrons. The van der Waals surface area contributed by atoms with E-state index in [9.17, 15) is 0 Å².